The fraction of sp³-hybridized carbons (Fsp3) is 0.588. The van der Waals surface area contributed by atoms with E-state index in [9.17, 15) is 13.2 Å². The molecular weight excluding hydrogens is 486 g/mol. The van der Waals surface area contributed by atoms with Crippen molar-refractivity contribution in [2.45, 2.75) is 26.1 Å². The summed E-state index contributed by atoms with van der Waals surface area (Å²) in [6.45, 7) is 3.68. The van der Waals surface area contributed by atoms with Gasteiger partial charge in [-0.15, -0.1) is 34.2 Å². The van der Waals surface area contributed by atoms with Gasteiger partial charge >= 0.3 is 6.18 Å². The van der Waals surface area contributed by atoms with Crippen molar-refractivity contribution in [3.8, 4) is 0 Å². The highest BCUT2D eigenvalue weighted by Gasteiger charge is 2.34. The first kappa shape index (κ1) is 22.7. The molecule has 1 fully saturated rings. The van der Waals surface area contributed by atoms with Crippen LogP contribution in [0.4, 0.5) is 13.2 Å². The van der Waals surface area contributed by atoms with Crippen LogP contribution in [0.15, 0.2) is 29.4 Å². The van der Waals surface area contributed by atoms with Gasteiger partial charge in [0.25, 0.3) is 0 Å². The van der Waals surface area contributed by atoms with Gasteiger partial charge in [0, 0.05) is 25.8 Å². The minimum atomic E-state index is -4.14. The van der Waals surface area contributed by atoms with Gasteiger partial charge in [-0.1, -0.05) is 6.07 Å². The summed E-state index contributed by atoms with van der Waals surface area (Å²) in [5.41, 5.74) is 0.761. The third kappa shape index (κ3) is 6.47. The molecule has 28 heavy (non-hydrogen) atoms. The number of aromatic nitrogens is 3. The Morgan fingerprint density at radius 2 is 2.11 bits per heavy atom. The maximum absolute atomic E-state index is 12.5. The van der Waals surface area contributed by atoms with Crippen LogP contribution in [-0.4, -0.2) is 64.4 Å². The lowest BCUT2D eigenvalue weighted by Gasteiger charge is -2.18. The minimum absolute atomic E-state index is 0. The van der Waals surface area contributed by atoms with Crippen LogP contribution in [-0.2, 0) is 6.54 Å². The van der Waals surface area contributed by atoms with Crippen LogP contribution in [0.25, 0.3) is 5.65 Å². The molecule has 1 aliphatic heterocycles. The molecule has 1 unspecified atom stereocenters. The summed E-state index contributed by atoms with van der Waals surface area (Å²) in [4.78, 5) is 5.98. The fourth-order valence-corrected chi connectivity index (χ4v) is 3.21. The van der Waals surface area contributed by atoms with E-state index in [-0.39, 0.29) is 29.9 Å². The first-order chi connectivity index (χ1) is 12.9. The molecule has 156 valence electrons. The molecule has 1 aliphatic rings. The average molecular weight is 511 g/mol. The molecule has 0 saturated carbocycles. The number of alkyl halides is 3. The number of nitrogens with zero attached hydrogens (tertiary/aromatic N) is 5. The number of pyridine rings is 1. The summed E-state index contributed by atoms with van der Waals surface area (Å²) >= 11 is 0. The summed E-state index contributed by atoms with van der Waals surface area (Å²) in [6.07, 6.45) is -1.51. The molecule has 1 saturated heterocycles. The van der Waals surface area contributed by atoms with Gasteiger partial charge in [-0.05, 0) is 37.9 Å². The molecule has 0 radical (unpaired) electrons. The number of nitrogens with one attached hydrogen (secondary N) is 2. The number of hydrogen-bond acceptors (Lipinski definition) is 4. The Bertz CT molecular complexity index is 777. The standard InChI is InChI=1S/C17H24F3N7.HI/c1-2-21-16(22-9-13-6-8-26(11-13)12-17(18,19)20)23-10-15-25-24-14-5-3-4-7-27(14)15;/h3-5,7,13H,2,6,8-12H2,1H3,(H2,21,22,23);1H. The molecule has 1 atom stereocenters. The Kier molecular flexibility index (Phi) is 8.28. The highest BCUT2D eigenvalue weighted by Crippen LogP contribution is 2.22. The number of halogens is 4. The van der Waals surface area contributed by atoms with Crippen molar-refractivity contribution in [3.05, 3.63) is 30.2 Å². The zero-order valence-electron chi connectivity index (χ0n) is 15.6. The zero-order valence-corrected chi connectivity index (χ0v) is 17.9. The topological polar surface area (TPSA) is 69.8 Å². The van der Waals surface area contributed by atoms with E-state index in [2.05, 4.69) is 25.8 Å². The van der Waals surface area contributed by atoms with Gasteiger partial charge in [0.15, 0.2) is 17.4 Å². The Hall–Kier alpha value is -1.63. The third-order valence-corrected chi connectivity index (χ3v) is 4.44. The molecular formula is C17H25F3IN7. The van der Waals surface area contributed by atoms with Gasteiger partial charge in [-0.2, -0.15) is 13.2 Å². The lowest BCUT2D eigenvalue weighted by Crippen LogP contribution is -2.40. The molecule has 2 aromatic rings. The van der Waals surface area contributed by atoms with Crippen molar-refractivity contribution in [2.75, 3.05) is 32.7 Å². The lowest BCUT2D eigenvalue weighted by atomic mass is 10.1. The Labute approximate surface area is 178 Å². The summed E-state index contributed by atoms with van der Waals surface area (Å²) in [6, 6.07) is 5.67. The molecule has 2 N–H and O–H groups in total. The highest BCUT2D eigenvalue weighted by atomic mass is 127. The van der Waals surface area contributed by atoms with Crippen molar-refractivity contribution < 1.29 is 13.2 Å². The van der Waals surface area contributed by atoms with Crippen LogP contribution >= 0.6 is 24.0 Å². The summed E-state index contributed by atoms with van der Waals surface area (Å²) in [5, 5.41) is 14.6. The van der Waals surface area contributed by atoms with Crippen LogP contribution in [0.5, 0.6) is 0 Å². The maximum Gasteiger partial charge on any atom is 0.401 e. The van der Waals surface area contributed by atoms with Gasteiger partial charge in [0.05, 0.1) is 6.54 Å². The number of guanidine groups is 1. The molecule has 3 heterocycles. The molecule has 11 heteroatoms. The van der Waals surface area contributed by atoms with E-state index in [1.165, 1.54) is 4.90 Å². The second-order valence-electron chi connectivity index (χ2n) is 6.63. The van der Waals surface area contributed by atoms with Crippen LogP contribution < -0.4 is 10.6 Å². The quantitative estimate of drug-likeness (QED) is 0.354. The van der Waals surface area contributed by atoms with Gasteiger partial charge in [0.2, 0.25) is 0 Å². The summed E-state index contributed by atoms with van der Waals surface area (Å²) < 4.78 is 39.4. The molecule has 7 nitrogen and oxygen atoms in total. The summed E-state index contributed by atoms with van der Waals surface area (Å²) in [7, 11) is 0. The number of aliphatic imine (C=N–C) groups is 1. The van der Waals surface area contributed by atoms with Crippen LogP contribution in [0.2, 0.25) is 0 Å². The Morgan fingerprint density at radius 3 is 2.86 bits per heavy atom. The Balaban J connectivity index is 0.00000280. The van der Waals surface area contributed by atoms with Crippen molar-refractivity contribution in [1.82, 2.24) is 30.1 Å². The van der Waals surface area contributed by atoms with Gasteiger partial charge in [0.1, 0.15) is 6.54 Å². The first-order valence-corrected chi connectivity index (χ1v) is 9.04. The second kappa shape index (κ2) is 10.2. The lowest BCUT2D eigenvalue weighted by molar-refractivity contribution is -0.143. The molecule has 2 aromatic heterocycles. The second-order valence-corrected chi connectivity index (χ2v) is 6.63. The molecule has 0 bridgehead atoms. The maximum atomic E-state index is 12.5. The predicted molar refractivity (Wildman–Crippen MR) is 112 cm³/mol. The molecule has 0 aromatic carbocycles. The molecule has 0 amide bonds. The van der Waals surface area contributed by atoms with E-state index in [1.54, 1.807) is 0 Å². The van der Waals surface area contributed by atoms with Gasteiger partial charge < -0.3 is 10.6 Å². The largest absolute Gasteiger partial charge is 0.401 e. The molecule has 3 rings (SSSR count). The molecule has 0 aliphatic carbocycles. The van der Waals surface area contributed by atoms with Crippen molar-refractivity contribution >= 4 is 35.6 Å². The van der Waals surface area contributed by atoms with Crippen molar-refractivity contribution in [2.24, 2.45) is 10.9 Å². The van der Waals surface area contributed by atoms with E-state index in [0.717, 1.165) is 17.9 Å². The van der Waals surface area contributed by atoms with Gasteiger partial charge in [-0.3, -0.25) is 9.30 Å². The first-order valence-electron chi connectivity index (χ1n) is 9.04. The number of fused-ring (bicyclic) bond motifs is 1. The van der Waals surface area contributed by atoms with E-state index in [4.69, 9.17) is 0 Å². The van der Waals surface area contributed by atoms with Crippen LogP contribution in [0, 0.1) is 5.92 Å². The Morgan fingerprint density at radius 1 is 1.29 bits per heavy atom. The van der Waals surface area contributed by atoms with Crippen molar-refractivity contribution in [1.29, 1.82) is 0 Å². The zero-order chi connectivity index (χ0) is 19.3. The minimum Gasteiger partial charge on any atom is -0.357 e. The van der Waals surface area contributed by atoms with Crippen LogP contribution in [0.3, 0.4) is 0 Å². The SMILES string of the molecule is CCNC(=NCc1nnc2ccccn12)NCC1CCN(CC(F)(F)F)C1.I. The summed E-state index contributed by atoms with van der Waals surface area (Å²) in [5.74, 6) is 1.52. The number of hydrogen-bond donors (Lipinski definition) is 2. The predicted octanol–water partition coefficient (Wildman–Crippen LogP) is 2.29. The third-order valence-electron chi connectivity index (χ3n) is 4.44. The van der Waals surface area contributed by atoms with E-state index in [0.29, 0.717) is 38.7 Å². The number of likely N-dealkylation sites (tertiary alicyclic amines) is 1. The van der Waals surface area contributed by atoms with E-state index < -0.39 is 12.7 Å². The smallest absolute Gasteiger partial charge is 0.357 e. The fourth-order valence-electron chi connectivity index (χ4n) is 3.21. The number of rotatable bonds is 6. The van der Waals surface area contributed by atoms with E-state index >= 15 is 0 Å². The normalized spacial score (nSPS) is 18.3. The molecule has 0 spiro atoms. The van der Waals surface area contributed by atoms with E-state index in [1.807, 2.05) is 35.7 Å². The van der Waals surface area contributed by atoms with Crippen LogP contribution in [0.1, 0.15) is 19.2 Å². The van der Waals surface area contributed by atoms with Crippen molar-refractivity contribution in [3.63, 3.8) is 0 Å². The average Bonchev–Trinajstić information content (AvgIpc) is 3.23. The monoisotopic (exact) mass is 511 g/mol. The highest BCUT2D eigenvalue weighted by molar-refractivity contribution is 14.0. The van der Waals surface area contributed by atoms with Gasteiger partial charge in [-0.25, -0.2) is 4.99 Å².